The normalized spacial score (nSPS) is 24.8. The van der Waals surface area contributed by atoms with Crippen molar-refractivity contribution in [1.82, 2.24) is 4.72 Å². The number of esters is 1. The molecule has 1 unspecified atom stereocenters. The van der Waals surface area contributed by atoms with Gasteiger partial charge in [-0.3, -0.25) is 0 Å². The Labute approximate surface area is 193 Å². The molecule has 1 aliphatic rings. The maximum absolute atomic E-state index is 13.0. The number of hydrogen-bond donors (Lipinski definition) is 2. The van der Waals surface area contributed by atoms with E-state index >= 15 is 0 Å². The van der Waals surface area contributed by atoms with Gasteiger partial charge in [0, 0.05) is 12.5 Å². The number of hydrogen-bond acceptors (Lipinski definition) is 9. The van der Waals surface area contributed by atoms with E-state index in [2.05, 4.69) is 4.72 Å². The minimum absolute atomic E-state index is 0.217. The molecule has 0 aromatic heterocycles. The van der Waals surface area contributed by atoms with Gasteiger partial charge >= 0.3 is 12.1 Å². The fourth-order valence-corrected chi connectivity index (χ4v) is 3.86. The fraction of sp³-hybridized carbons (Fsp3) is 0.905. The van der Waals surface area contributed by atoms with Crippen LogP contribution in [0.25, 0.3) is 0 Å². The molecule has 1 aliphatic heterocycles. The summed E-state index contributed by atoms with van der Waals surface area (Å²) < 4.78 is 42.6. The highest BCUT2D eigenvalue weighted by molar-refractivity contribution is 7.84. The summed E-state index contributed by atoms with van der Waals surface area (Å²) in [6.07, 6.45) is -4.26. The minimum Gasteiger partial charge on any atom is -0.466 e. The molecule has 188 valence electrons. The van der Waals surface area contributed by atoms with Crippen molar-refractivity contribution >= 4 is 23.1 Å². The standard InChI is InChI=1S/C21H39NO9S/c1-12(11-23)14-15(30-21(8,9)29-14)13(22-32(26)20(5,6)7)16(17(24)27-10)28-18(25)31-19(2,3)4/h12-16,22-23H,11H2,1-10H3/t12-,13+,14-,15-,16-,32?/m0/s1. The van der Waals surface area contributed by atoms with Crippen molar-refractivity contribution < 1.29 is 42.6 Å². The first-order chi connectivity index (χ1) is 14.4. The second kappa shape index (κ2) is 10.8. The zero-order valence-corrected chi connectivity index (χ0v) is 21.5. The number of rotatable bonds is 8. The molecule has 0 aromatic carbocycles. The van der Waals surface area contributed by atoms with Crippen molar-refractivity contribution in [3.8, 4) is 0 Å². The number of carbonyl (C=O) groups is 2. The SMILES string of the molecule is COC(=O)[C@@H](OC(=O)OC(C)(C)C)[C@H](NS(=O)C(C)(C)C)[C@@H]1OC(C)(C)O[C@H]1[C@@H](C)CO. The van der Waals surface area contributed by atoms with Crippen LogP contribution in [0, 0.1) is 5.92 Å². The number of carbonyl (C=O) groups excluding carboxylic acids is 2. The summed E-state index contributed by atoms with van der Waals surface area (Å²) >= 11 is 0. The number of methoxy groups -OCH3 is 1. The van der Waals surface area contributed by atoms with E-state index in [0.29, 0.717) is 0 Å². The fourth-order valence-electron chi connectivity index (χ4n) is 3.00. The third-order valence-electron chi connectivity index (χ3n) is 4.54. The van der Waals surface area contributed by atoms with Crippen LogP contribution in [-0.2, 0) is 39.5 Å². The van der Waals surface area contributed by atoms with Crippen LogP contribution in [0.4, 0.5) is 4.79 Å². The van der Waals surface area contributed by atoms with Crippen molar-refractivity contribution in [1.29, 1.82) is 0 Å². The predicted molar refractivity (Wildman–Crippen MR) is 118 cm³/mol. The molecule has 1 heterocycles. The van der Waals surface area contributed by atoms with E-state index in [9.17, 15) is 18.9 Å². The lowest BCUT2D eigenvalue weighted by atomic mass is 9.93. The molecule has 0 spiro atoms. The Morgan fingerprint density at radius 1 is 1.12 bits per heavy atom. The van der Waals surface area contributed by atoms with Gasteiger partial charge in [0.15, 0.2) is 5.79 Å². The highest BCUT2D eigenvalue weighted by Crippen LogP contribution is 2.35. The molecule has 1 fully saturated rings. The summed E-state index contributed by atoms with van der Waals surface area (Å²) in [5.74, 6) is -2.34. The van der Waals surface area contributed by atoms with Crippen molar-refractivity contribution in [3.63, 3.8) is 0 Å². The van der Waals surface area contributed by atoms with Gasteiger partial charge < -0.3 is 28.8 Å². The summed E-state index contributed by atoms with van der Waals surface area (Å²) in [7, 11) is -0.531. The van der Waals surface area contributed by atoms with Gasteiger partial charge in [-0.25, -0.2) is 18.5 Å². The zero-order valence-electron chi connectivity index (χ0n) is 20.7. The van der Waals surface area contributed by atoms with Crippen molar-refractivity contribution in [3.05, 3.63) is 0 Å². The molecule has 2 N–H and O–H groups in total. The van der Waals surface area contributed by atoms with Gasteiger partial charge in [0.1, 0.15) is 11.7 Å². The highest BCUT2D eigenvalue weighted by Gasteiger charge is 2.53. The van der Waals surface area contributed by atoms with Crippen LogP contribution in [0.3, 0.4) is 0 Å². The third kappa shape index (κ3) is 8.26. The lowest BCUT2D eigenvalue weighted by Gasteiger charge is -2.34. The lowest BCUT2D eigenvalue weighted by molar-refractivity contribution is -0.164. The van der Waals surface area contributed by atoms with E-state index < -0.39 is 69.5 Å². The number of aliphatic hydroxyl groups is 1. The topological polar surface area (TPSA) is 130 Å². The van der Waals surface area contributed by atoms with Crippen LogP contribution in [0.15, 0.2) is 0 Å². The Morgan fingerprint density at radius 2 is 1.66 bits per heavy atom. The van der Waals surface area contributed by atoms with Gasteiger partial charge in [-0.1, -0.05) is 6.92 Å². The second-order valence-electron chi connectivity index (χ2n) is 10.3. The number of nitrogens with one attached hydrogen (secondary N) is 1. The molecule has 11 heteroatoms. The quantitative estimate of drug-likeness (QED) is 0.500. The van der Waals surface area contributed by atoms with Crippen molar-refractivity contribution in [2.75, 3.05) is 13.7 Å². The molecule has 0 aliphatic carbocycles. The molecule has 0 saturated carbocycles. The Kier molecular flexibility index (Phi) is 9.68. The van der Waals surface area contributed by atoms with Gasteiger partial charge in [0.25, 0.3) is 0 Å². The Morgan fingerprint density at radius 3 is 2.09 bits per heavy atom. The summed E-state index contributed by atoms with van der Waals surface area (Å²) in [6, 6.07) is -1.13. The second-order valence-corrected chi connectivity index (χ2v) is 12.3. The van der Waals surface area contributed by atoms with E-state index in [1.54, 1.807) is 62.3 Å². The van der Waals surface area contributed by atoms with Crippen LogP contribution in [0.2, 0.25) is 0 Å². The number of ether oxygens (including phenoxy) is 5. The van der Waals surface area contributed by atoms with Crippen molar-refractivity contribution in [2.24, 2.45) is 5.92 Å². The number of aliphatic hydroxyl groups excluding tert-OH is 1. The van der Waals surface area contributed by atoms with Crippen LogP contribution in [0.5, 0.6) is 0 Å². The lowest BCUT2D eigenvalue weighted by Crippen LogP contribution is -2.59. The van der Waals surface area contributed by atoms with Crippen molar-refractivity contribution in [2.45, 2.75) is 103 Å². The molecular weight excluding hydrogens is 442 g/mol. The molecule has 0 radical (unpaired) electrons. The average molecular weight is 482 g/mol. The Hall–Kier alpha value is -1.27. The van der Waals surface area contributed by atoms with E-state index in [4.69, 9.17) is 23.7 Å². The van der Waals surface area contributed by atoms with E-state index in [1.807, 2.05) is 0 Å². The maximum atomic E-state index is 13.0. The highest BCUT2D eigenvalue weighted by atomic mass is 32.2. The van der Waals surface area contributed by atoms with Crippen LogP contribution < -0.4 is 4.72 Å². The molecule has 6 atom stereocenters. The molecular formula is C21H39NO9S. The smallest absolute Gasteiger partial charge is 0.466 e. The molecule has 10 nitrogen and oxygen atoms in total. The zero-order chi connectivity index (χ0) is 25.1. The van der Waals surface area contributed by atoms with Gasteiger partial charge in [0.05, 0.1) is 35.0 Å². The molecule has 0 bridgehead atoms. The first-order valence-corrected chi connectivity index (χ1v) is 11.7. The summed E-state index contributed by atoms with van der Waals surface area (Å²) in [4.78, 5) is 25.1. The molecule has 0 amide bonds. The van der Waals surface area contributed by atoms with Gasteiger partial charge in [-0.15, -0.1) is 0 Å². The van der Waals surface area contributed by atoms with E-state index in [1.165, 1.54) is 0 Å². The van der Waals surface area contributed by atoms with Crippen LogP contribution in [-0.4, -0.2) is 75.6 Å². The van der Waals surface area contributed by atoms with Gasteiger partial charge in [-0.05, 0) is 55.4 Å². The average Bonchev–Trinajstić information content (AvgIpc) is 2.96. The molecule has 32 heavy (non-hydrogen) atoms. The van der Waals surface area contributed by atoms with E-state index in [0.717, 1.165) is 7.11 Å². The molecule has 0 aromatic rings. The summed E-state index contributed by atoms with van der Waals surface area (Å²) in [6.45, 7) is 15.1. The first-order valence-electron chi connectivity index (χ1n) is 10.5. The van der Waals surface area contributed by atoms with Gasteiger partial charge in [-0.2, -0.15) is 0 Å². The largest absolute Gasteiger partial charge is 0.509 e. The van der Waals surface area contributed by atoms with E-state index in [-0.39, 0.29) is 6.61 Å². The molecule has 1 rings (SSSR count). The monoisotopic (exact) mass is 481 g/mol. The molecule has 1 saturated heterocycles. The van der Waals surface area contributed by atoms with Crippen LogP contribution >= 0.6 is 0 Å². The first kappa shape index (κ1) is 28.8. The van der Waals surface area contributed by atoms with Gasteiger partial charge in [0.2, 0.25) is 6.10 Å². The van der Waals surface area contributed by atoms with Crippen LogP contribution in [0.1, 0.15) is 62.3 Å². The summed E-state index contributed by atoms with van der Waals surface area (Å²) in [5.41, 5.74) is -0.863. The maximum Gasteiger partial charge on any atom is 0.509 e. The predicted octanol–water partition coefficient (Wildman–Crippen LogP) is 2.05. The third-order valence-corrected chi connectivity index (χ3v) is 6.14. The minimum atomic E-state index is -1.68. The Balaban J connectivity index is 3.44. The Bertz CT molecular complexity index is 684. The summed E-state index contributed by atoms with van der Waals surface area (Å²) in [5, 5.41) is 9.73.